The molecule has 1 atom stereocenters. The molecule has 0 unspecified atom stereocenters. The van der Waals surface area contributed by atoms with Crippen LogP contribution in [0.3, 0.4) is 0 Å². The van der Waals surface area contributed by atoms with Gasteiger partial charge >= 0.3 is 0 Å². The van der Waals surface area contributed by atoms with E-state index in [1.165, 1.54) is 0 Å². The second-order valence-corrected chi connectivity index (χ2v) is 3.26. The highest BCUT2D eigenvalue weighted by Crippen LogP contribution is 1.97. The van der Waals surface area contributed by atoms with Crippen molar-refractivity contribution in [3.05, 3.63) is 0 Å². The SMILES string of the molecule is CCOCCNC(=O)[C@H](N)C(C)C. The van der Waals surface area contributed by atoms with Crippen LogP contribution < -0.4 is 11.1 Å². The molecule has 78 valence electrons. The first kappa shape index (κ1) is 12.4. The summed E-state index contributed by atoms with van der Waals surface area (Å²) in [5.74, 6) is 0.0711. The minimum atomic E-state index is -0.415. The van der Waals surface area contributed by atoms with Crippen LogP contribution in [0.4, 0.5) is 0 Å². The maximum Gasteiger partial charge on any atom is 0.237 e. The standard InChI is InChI=1S/C9H20N2O2/c1-4-13-6-5-11-9(12)8(10)7(2)3/h7-8H,4-6,10H2,1-3H3,(H,11,12)/t8-/m1/s1. The lowest BCUT2D eigenvalue weighted by Crippen LogP contribution is -2.44. The van der Waals surface area contributed by atoms with Gasteiger partial charge in [0.1, 0.15) is 0 Å². The van der Waals surface area contributed by atoms with Crippen molar-refractivity contribution in [3.63, 3.8) is 0 Å². The zero-order chi connectivity index (χ0) is 10.3. The summed E-state index contributed by atoms with van der Waals surface area (Å²) in [5, 5.41) is 2.71. The van der Waals surface area contributed by atoms with Crippen molar-refractivity contribution < 1.29 is 9.53 Å². The Morgan fingerprint density at radius 1 is 1.54 bits per heavy atom. The topological polar surface area (TPSA) is 64.3 Å². The third-order valence-corrected chi connectivity index (χ3v) is 1.77. The molecular formula is C9H20N2O2. The van der Waals surface area contributed by atoms with Gasteiger partial charge in [0.15, 0.2) is 0 Å². The Kier molecular flexibility index (Phi) is 6.54. The smallest absolute Gasteiger partial charge is 0.237 e. The molecule has 0 aromatic carbocycles. The molecule has 0 aliphatic rings. The number of amides is 1. The van der Waals surface area contributed by atoms with Crippen molar-refractivity contribution in [1.29, 1.82) is 0 Å². The van der Waals surface area contributed by atoms with Crippen LogP contribution in [-0.4, -0.2) is 31.7 Å². The Balaban J connectivity index is 3.50. The number of hydrogen-bond acceptors (Lipinski definition) is 3. The van der Waals surface area contributed by atoms with E-state index in [0.717, 1.165) is 0 Å². The minimum Gasteiger partial charge on any atom is -0.380 e. The lowest BCUT2D eigenvalue weighted by molar-refractivity contribution is -0.123. The van der Waals surface area contributed by atoms with Crippen LogP contribution in [-0.2, 0) is 9.53 Å². The summed E-state index contributed by atoms with van der Waals surface area (Å²) in [5.41, 5.74) is 5.62. The van der Waals surface area contributed by atoms with Gasteiger partial charge < -0.3 is 15.8 Å². The molecule has 0 heterocycles. The summed E-state index contributed by atoms with van der Waals surface area (Å²) in [7, 11) is 0. The Morgan fingerprint density at radius 2 is 2.15 bits per heavy atom. The van der Waals surface area contributed by atoms with E-state index in [2.05, 4.69) is 5.32 Å². The van der Waals surface area contributed by atoms with Gasteiger partial charge in [0, 0.05) is 13.2 Å². The molecule has 0 aromatic heterocycles. The molecule has 4 heteroatoms. The highest BCUT2D eigenvalue weighted by Gasteiger charge is 2.15. The van der Waals surface area contributed by atoms with E-state index in [0.29, 0.717) is 19.8 Å². The molecule has 0 aliphatic carbocycles. The first-order valence-corrected chi connectivity index (χ1v) is 4.70. The first-order chi connectivity index (χ1) is 6.09. The maximum atomic E-state index is 11.3. The van der Waals surface area contributed by atoms with Crippen molar-refractivity contribution in [3.8, 4) is 0 Å². The van der Waals surface area contributed by atoms with Crippen molar-refractivity contribution in [1.82, 2.24) is 5.32 Å². The molecule has 0 fully saturated rings. The largest absolute Gasteiger partial charge is 0.380 e. The summed E-state index contributed by atoms with van der Waals surface area (Å²) in [6.07, 6.45) is 0. The summed E-state index contributed by atoms with van der Waals surface area (Å²) in [6.45, 7) is 7.52. The van der Waals surface area contributed by atoms with Crippen LogP contribution in [0.25, 0.3) is 0 Å². The normalized spacial score (nSPS) is 13.0. The Labute approximate surface area is 79.8 Å². The predicted octanol–water partition coefficient (Wildman–Crippen LogP) is 0.122. The molecule has 0 aliphatic heterocycles. The second-order valence-electron chi connectivity index (χ2n) is 3.26. The maximum absolute atomic E-state index is 11.3. The molecule has 0 saturated heterocycles. The van der Waals surface area contributed by atoms with Crippen LogP contribution in [0, 0.1) is 5.92 Å². The number of carbonyl (C=O) groups is 1. The van der Waals surface area contributed by atoms with Gasteiger partial charge in [0.05, 0.1) is 12.6 Å². The summed E-state index contributed by atoms with van der Waals surface area (Å²) >= 11 is 0. The zero-order valence-electron chi connectivity index (χ0n) is 8.67. The number of carbonyl (C=O) groups excluding carboxylic acids is 1. The highest BCUT2D eigenvalue weighted by atomic mass is 16.5. The molecule has 0 rings (SSSR count). The van der Waals surface area contributed by atoms with Gasteiger partial charge in [-0.15, -0.1) is 0 Å². The number of nitrogens with one attached hydrogen (secondary N) is 1. The number of ether oxygens (including phenoxy) is 1. The van der Waals surface area contributed by atoms with Gasteiger partial charge in [0.25, 0.3) is 0 Å². The average Bonchev–Trinajstić information content (AvgIpc) is 2.10. The Bertz CT molecular complexity index is 149. The van der Waals surface area contributed by atoms with E-state index in [9.17, 15) is 4.79 Å². The van der Waals surface area contributed by atoms with Crippen molar-refractivity contribution >= 4 is 5.91 Å². The van der Waals surface area contributed by atoms with Crippen LogP contribution in [0.2, 0.25) is 0 Å². The molecule has 1 amide bonds. The van der Waals surface area contributed by atoms with E-state index in [1.807, 2.05) is 20.8 Å². The van der Waals surface area contributed by atoms with Gasteiger partial charge in [-0.1, -0.05) is 13.8 Å². The molecule has 0 saturated carbocycles. The number of hydrogen-bond donors (Lipinski definition) is 2. The predicted molar refractivity (Wildman–Crippen MR) is 52.3 cm³/mol. The number of rotatable bonds is 6. The third-order valence-electron chi connectivity index (χ3n) is 1.77. The fourth-order valence-electron chi connectivity index (χ4n) is 0.811. The quantitative estimate of drug-likeness (QED) is 0.582. The molecule has 0 radical (unpaired) electrons. The molecule has 3 N–H and O–H groups in total. The van der Waals surface area contributed by atoms with Gasteiger partial charge in [-0.25, -0.2) is 0 Å². The van der Waals surface area contributed by atoms with Crippen LogP contribution in [0.15, 0.2) is 0 Å². The highest BCUT2D eigenvalue weighted by molar-refractivity contribution is 5.81. The first-order valence-electron chi connectivity index (χ1n) is 4.70. The fraction of sp³-hybridized carbons (Fsp3) is 0.889. The summed E-state index contributed by atoms with van der Waals surface area (Å²) in [4.78, 5) is 11.3. The monoisotopic (exact) mass is 188 g/mol. The van der Waals surface area contributed by atoms with Crippen molar-refractivity contribution in [2.75, 3.05) is 19.8 Å². The molecule has 0 aromatic rings. The van der Waals surface area contributed by atoms with Crippen molar-refractivity contribution in [2.24, 2.45) is 11.7 Å². The summed E-state index contributed by atoms with van der Waals surface area (Å²) < 4.78 is 5.07. The Hall–Kier alpha value is -0.610. The van der Waals surface area contributed by atoms with Gasteiger partial charge in [0.2, 0.25) is 5.91 Å². The van der Waals surface area contributed by atoms with Crippen LogP contribution in [0.1, 0.15) is 20.8 Å². The van der Waals surface area contributed by atoms with Gasteiger partial charge in [-0.3, -0.25) is 4.79 Å². The van der Waals surface area contributed by atoms with Gasteiger partial charge in [-0.2, -0.15) is 0 Å². The van der Waals surface area contributed by atoms with E-state index in [4.69, 9.17) is 10.5 Å². The van der Waals surface area contributed by atoms with E-state index < -0.39 is 6.04 Å². The second kappa shape index (κ2) is 6.86. The third kappa shape index (κ3) is 5.60. The summed E-state index contributed by atoms with van der Waals surface area (Å²) in [6, 6.07) is -0.415. The molecule has 13 heavy (non-hydrogen) atoms. The van der Waals surface area contributed by atoms with E-state index in [1.54, 1.807) is 0 Å². The lowest BCUT2D eigenvalue weighted by Gasteiger charge is -2.14. The molecular weight excluding hydrogens is 168 g/mol. The van der Waals surface area contributed by atoms with E-state index in [-0.39, 0.29) is 11.8 Å². The zero-order valence-corrected chi connectivity index (χ0v) is 8.67. The fourth-order valence-corrected chi connectivity index (χ4v) is 0.811. The molecule has 0 spiro atoms. The van der Waals surface area contributed by atoms with Crippen molar-refractivity contribution in [2.45, 2.75) is 26.8 Å². The minimum absolute atomic E-state index is 0.102. The average molecular weight is 188 g/mol. The molecule has 0 bridgehead atoms. The van der Waals surface area contributed by atoms with Gasteiger partial charge in [-0.05, 0) is 12.8 Å². The van der Waals surface area contributed by atoms with Crippen LogP contribution >= 0.6 is 0 Å². The van der Waals surface area contributed by atoms with E-state index >= 15 is 0 Å². The Morgan fingerprint density at radius 3 is 2.62 bits per heavy atom. The lowest BCUT2D eigenvalue weighted by atomic mass is 10.1. The number of nitrogens with two attached hydrogens (primary N) is 1. The van der Waals surface area contributed by atoms with Crippen LogP contribution in [0.5, 0.6) is 0 Å². The molecule has 4 nitrogen and oxygen atoms in total.